The molecule has 0 N–H and O–H groups in total. The Bertz CT molecular complexity index is 1640. The molecule has 450 valence electrons. The minimum atomic E-state index is -0.791. The smallest absolute Gasteiger partial charge is 0.306 e. The molecular weight excluding hydrogens is 973 g/mol. The van der Waals surface area contributed by atoms with Gasteiger partial charge in [0.25, 0.3) is 0 Å². The van der Waals surface area contributed by atoms with Gasteiger partial charge in [0.05, 0.1) is 0 Å². The molecule has 0 spiro atoms. The molecule has 0 aromatic rings. The maximum absolute atomic E-state index is 12.9. The average molecular weight is 1100 g/mol. The van der Waals surface area contributed by atoms with Gasteiger partial charge >= 0.3 is 17.9 Å². The maximum Gasteiger partial charge on any atom is 0.306 e. The Hall–Kier alpha value is -4.19. The zero-order valence-electron chi connectivity index (χ0n) is 51.6. The highest BCUT2D eigenvalue weighted by Gasteiger charge is 2.19. The standard InChI is InChI=1S/C73H122O6/c1-4-7-10-13-16-19-22-25-27-29-30-31-32-33-34-35-36-37-38-39-40-41-42-43-44-45-47-48-51-54-57-60-63-66-72(75)78-69-70(68-77-71(74)65-62-59-56-53-50-24-21-18-15-12-9-6-3)79-73(76)67-64-61-58-55-52-49-46-28-26-23-20-17-14-11-8-5-2/h7,10,16,18-19,21,25,27-28,30-31,33-34,36-37,39-40,42-43,46,70H,4-6,8-9,11-15,17,20,22-24,26,29,32,35,38,41,44-45,47-69H2,1-3H3/b10-7-,19-16-,21-18-,27-25-,31-30-,34-33-,37-36-,40-39-,43-42-,46-28-. The van der Waals surface area contributed by atoms with Crippen molar-refractivity contribution < 1.29 is 28.6 Å². The van der Waals surface area contributed by atoms with Gasteiger partial charge in [-0.1, -0.05) is 271 Å². The largest absolute Gasteiger partial charge is 0.462 e. The van der Waals surface area contributed by atoms with E-state index in [9.17, 15) is 14.4 Å². The molecule has 1 atom stereocenters. The second-order valence-electron chi connectivity index (χ2n) is 21.6. The van der Waals surface area contributed by atoms with Gasteiger partial charge in [-0.2, -0.15) is 0 Å². The van der Waals surface area contributed by atoms with Gasteiger partial charge in [-0.05, 0) is 135 Å². The van der Waals surface area contributed by atoms with E-state index in [1.54, 1.807) is 0 Å². The summed E-state index contributed by atoms with van der Waals surface area (Å²) in [6.07, 6.45) is 92.1. The van der Waals surface area contributed by atoms with Crippen molar-refractivity contribution in [2.45, 2.75) is 309 Å². The van der Waals surface area contributed by atoms with Gasteiger partial charge in [0.15, 0.2) is 6.10 Å². The Morgan fingerprint density at radius 3 is 0.810 bits per heavy atom. The van der Waals surface area contributed by atoms with Gasteiger partial charge in [-0.3, -0.25) is 14.4 Å². The van der Waals surface area contributed by atoms with Crippen LogP contribution in [0.4, 0.5) is 0 Å². The maximum atomic E-state index is 12.9. The molecule has 6 heteroatoms. The third-order valence-corrected chi connectivity index (χ3v) is 13.9. The topological polar surface area (TPSA) is 78.9 Å². The first-order valence-corrected chi connectivity index (χ1v) is 33.0. The normalized spacial score (nSPS) is 12.9. The fraction of sp³-hybridized carbons (Fsp3) is 0.685. The van der Waals surface area contributed by atoms with Crippen LogP contribution in [-0.2, 0) is 28.6 Å². The molecule has 0 amide bonds. The minimum absolute atomic E-state index is 0.0884. The van der Waals surface area contributed by atoms with Crippen LogP contribution in [0.3, 0.4) is 0 Å². The summed E-state index contributed by atoms with van der Waals surface area (Å²) >= 11 is 0. The van der Waals surface area contributed by atoms with Crippen LogP contribution < -0.4 is 0 Å². The second-order valence-corrected chi connectivity index (χ2v) is 21.6. The number of hydrogen-bond donors (Lipinski definition) is 0. The molecule has 6 nitrogen and oxygen atoms in total. The van der Waals surface area contributed by atoms with Crippen LogP contribution in [0.1, 0.15) is 303 Å². The zero-order valence-corrected chi connectivity index (χ0v) is 51.6. The zero-order chi connectivity index (χ0) is 57.1. The van der Waals surface area contributed by atoms with Gasteiger partial charge in [-0.15, -0.1) is 0 Å². The second kappa shape index (κ2) is 66.3. The Kier molecular flexibility index (Phi) is 62.8. The molecule has 0 fully saturated rings. The molecule has 0 aromatic carbocycles. The molecule has 0 heterocycles. The van der Waals surface area contributed by atoms with E-state index in [0.717, 1.165) is 135 Å². The summed E-state index contributed by atoms with van der Waals surface area (Å²) < 4.78 is 16.9. The lowest BCUT2D eigenvalue weighted by atomic mass is 10.1. The van der Waals surface area contributed by atoms with Crippen molar-refractivity contribution in [1.29, 1.82) is 0 Å². The van der Waals surface area contributed by atoms with Crippen LogP contribution in [-0.4, -0.2) is 37.2 Å². The van der Waals surface area contributed by atoms with E-state index < -0.39 is 6.10 Å². The quantitative estimate of drug-likeness (QED) is 0.0261. The number of ether oxygens (including phenoxy) is 3. The molecule has 0 aliphatic carbocycles. The molecule has 0 rings (SSSR count). The Morgan fingerprint density at radius 2 is 0.494 bits per heavy atom. The lowest BCUT2D eigenvalue weighted by Gasteiger charge is -2.18. The summed E-state index contributed by atoms with van der Waals surface area (Å²) in [5, 5.41) is 0. The van der Waals surface area contributed by atoms with Gasteiger partial charge < -0.3 is 14.2 Å². The third kappa shape index (κ3) is 64.5. The van der Waals surface area contributed by atoms with Crippen molar-refractivity contribution in [3.63, 3.8) is 0 Å². The van der Waals surface area contributed by atoms with E-state index in [2.05, 4.69) is 142 Å². The number of rotatable bonds is 59. The number of carbonyl (C=O) groups excluding carboxylic acids is 3. The molecule has 0 aliphatic heterocycles. The van der Waals surface area contributed by atoms with Crippen molar-refractivity contribution in [2.75, 3.05) is 13.2 Å². The molecule has 0 aromatic heterocycles. The monoisotopic (exact) mass is 1090 g/mol. The van der Waals surface area contributed by atoms with Crippen molar-refractivity contribution in [3.05, 3.63) is 122 Å². The van der Waals surface area contributed by atoms with E-state index in [0.29, 0.717) is 19.3 Å². The molecule has 0 radical (unpaired) electrons. The van der Waals surface area contributed by atoms with Crippen LogP contribution in [0.2, 0.25) is 0 Å². The minimum Gasteiger partial charge on any atom is -0.462 e. The highest BCUT2D eigenvalue weighted by Crippen LogP contribution is 2.15. The van der Waals surface area contributed by atoms with Crippen LogP contribution in [0.5, 0.6) is 0 Å². The third-order valence-electron chi connectivity index (χ3n) is 13.9. The highest BCUT2D eigenvalue weighted by molar-refractivity contribution is 5.71. The lowest BCUT2D eigenvalue weighted by Crippen LogP contribution is -2.30. The SMILES string of the molecule is CC/C=C\C/C=C\C/C=C\C/C=C\C/C=C\C/C=C\C/C=C\C/C=C\CCCCCCCCCCC(=O)OCC(COC(=O)CCCCCCC/C=C\CCCCC)OC(=O)CCCCCCC/C=C\CCCCCCCCC. The number of unbranched alkanes of at least 4 members (excludes halogenated alkanes) is 28. The molecule has 79 heavy (non-hydrogen) atoms. The van der Waals surface area contributed by atoms with E-state index in [1.807, 2.05) is 0 Å². The van der Waals surface area contributed by atoms with Crippen LogP contribution in [0.15, 0.2) is 122 Å². The van der Waals surface area contributed by atoms with Crippen LogP contribution >= 0.6 is 0 Å². The molecule has 0 saturated heterocycles. The molecule has 0 aliphatic rings. The van der Waals surface area contributed by atoms with Gasteiger partial charge in [0.1, 0.15) is 13.2 Å². The Labute approximate surface area is 488 Å². The van der Waals surface area contributed by atoms with Gasteiger partial charge in [-0.25, -0.2) is 0 Å². The number of carbonyl (C=O) groups is 3. The first-order chi connectivity index (χ1) is 39.0. The van der Waals surface area contributed by atoms with Crippen molar-refractivity contribution in [3.8, 4) is 0 Å². The number of esters is 3. The Balaban J connectivity index is 4.27. The summed E-state index contributed by atoms with van der Waals surface area (Å²) in [4.78, 5) is 38.3. The van der Waals surface area contributed by atoms with Gasteiger partial charge in [0.2, 0.25) is 0 Å². The van der Waals surface area contributed by atoms with Crippen LogP contribution in [0, 0.1) is 0 Å². The highest BCUT2D eigenvalue weighted by atomic mass is 16.6. The molecule has 0 saturated carbocycles. The Morgan fingerprint density at radius 1 is 0.266 bits per heavy atom. The molecular formula is C73H122O6. The van der Waals surface area contributed by atoms with Gasteiger partial charge in [0, 0.05) is 19.3 Å². The summed E-state index contributed by atoms with van der Waals surface area (Å²) in [5.74, 6) is -0.908. The van der Waals surface area contributed by atoms with E-state index in [1.165, 1.54) is 128 Å². The van der Waals surface area contributed by atoms with Crippen molar-refractivity contribution >= 4 is 17.9 Å². The predicted molar refractivity (Wildman–Crippen MR) is 343 cm³/mol. The van der Waals surface area contributed by atoms with E-state index in [4.69, 9.17) is 14.2 Å². The summed E-state index contributed by atoms with van der Waals surface area (Å²) in [6, 6.07) is 0. The average Bonchev–Trinajstić information content (AvgIpc) is 3.45. The number of hydrogen-bond acceptors (Lipinski definition) is 6. The molecule has 0 bridgehead atoms. The van der Waals surface area contributed by atoms with E-state index in [-0.39, 0.29) is 31.1 Å². The van der Waals surface area contributed by atoms with Crippen LogP contribution in [0.25, 0.3) is 0 Å². The van der Waals surface area contributed by atoms with E-state index >= 15 is 0 Å². The molecule has 1 unspecified atom stereocenters. The summed E-state index contributed by atoms with van der Waals surface area (Å²) in [5.41, 5.74) is 0. The first kappa shape index (κ1) is 74.8. The summed E-state index contributed by atoms with van der Waals surface area (Å²) in [7, 11) is 0. The predicted octanol–water partition coefficient (Wildman–Crippen LogP) is 22.8. The first-order valence-electron chi connectivity index (χ1n) is 33.0. The lowest BCUT2D eigenvalue weighted by molar-refractivity contribution is -0.167. The van der Waals surface area contributed by atoms with Crippen molar-refractivity contribution in [2.24, 2.45) is 0 Å². The fourth-order valence-corrected chi connectivity index (χ4v) is 8.98. The van der Waals surface area contributed by atoms with Crippen molar-refractivity contribution in [1.82, 2.24) is 0 Å². The fourth-order valence-electron chi connectivity index (χ4n) is 8.98. The number of allylic oxidation sites excluding steroid dienone is 20. The summed E-state index contributed by atoms with van der Waals surface area (Å²) in [6.45, 7) is 6.49.